The zero-order chi connectivity index (χ0) is 13.1. The van der Waals surface area contributed by atoms with Crippen LogP contribution in [0.15, 0.2) is 42.5 Å². The molecule has 2 rings (SSSR count). The number of halogens is 1. The van der Waals surface area contributed by atoms with Crippen LogP contribution in [0.1, 0.15) is 21.5 Å². The van der Waals surface area contributed by atoms with E-state index in [0.29, 0.717) is 16.3 Å². The first-order valence-electron chi connectivity index (χ1n) is 5.71. The molecule has 3 heteroatoms. The minimum atomic E-state index is -0.147. The normalized spacial score (nSPS) is 10.2. The molecule has 92 valence electrons. The predicted octanol–water partition coefficient (Wildman–Crippen LogP) is 4.21. The fourth-order valence-corrected chi connectivity index (χ4v) is 1.82. The number of nitrogens with one attached hydrogen (secondary N) is 1. The molecule has 1 N–H and O–H groups in total. The summed E-state index contributed by atoms with van der Waals surface area (Å²) in [5, 5.41) is 3.34. The third-order valence-electron chi connectivity index (χ3n) is 2.89. The third-order valence-corrected chi connectivity index (χ3v) is 3.22. The molecule has 0 aliphatic rings. The van der Waals surface area contributed by atoms with E-state index in [0.717, 1.165) is 5.56 Å². The Hall–Kier alpha value is -1.80. The number of aryl methyl sites for hydroxylation is 2. The van der Waals surface area contributed by atoms with Gasteiger partial charge in [-0.25, -0.2) is 0 Å². The molecule has 0 bridgehead atoms. The Morgan fingerprint density at radius 1 is 1.06 bits per heavy atom. The van der Waals surface area contributed by atoms with Crippen molar-refractivity contribution in [2.45, 2.75) is 13.8 Å². The summed E-state index contributed by atoms with van der Waals surface area (Å²) in [6.45, 7) is 4.01. The number of carbonyl (C=O) groups is 1. The van der Waals surface area contributed by atoms with Crippen LogP contribution in [0.2, 0.25) is 5.02 Å². The standard InChI is InChI=1S/C15H14ClNO/c1-10-7-8-12(9-11(10)2)15(18)17-14-6-4-3-5-13(14)16/h3-9H,1-2H3,(H,17,18). The quantitative estimate of drug-likeness (QED) is 0.860. The summed E-state index contributed by atoms with van der Waals surface area (Å²) in [6, 6.07) is 12.8. The molecule has 0 spiro atoms. The molecule has 0 fully saturated rings. The SMILES string of the molecule is Cc1ccc(C(=O)Nc2ccccc2Cl)cc1C. The van der Waals surface area contributed by atoms with Gasteiger partial charge in [0, 0.05) is 5.56 Å². The molecular weight excluding hydrogens is 246 g/mol. The Morgan fingerprint density at radius 2 is 1.78 bits per heavy atom. The highest BCUT2D eigenvalue weighted by molar-refractivity contribution is 6.33. The highest BCUT2D eigenvalue weighted by Gasteiger charge is 2.08. The summed E-state index contributed by atoms with van der Waals surface area (Å²) >= 11 is 6.00. The fourth-order valence-electron chi connectivity index (χ4n) is 1.64. The van der Waals surface area contributed by atoms with E-state index in [1.54, 1.807) is 12.1 Å². The van der Waals surface area contributed by atoms with Gasteiger partial charge in [0.2, 0.25) is 0 Å². The van der Waals surface area contributed by atoms with Gasteiger partial charge in [-0.15, -0.1) is 0 Å². The van der Waals surface area contributed by atoms with E-state index in [9.17, 15) is 4.79 Å². The summed E-state index contributed by atoms with van der Waals surface area (Å²) in [5.41, 5.74) is 3.53. The van der Waals surface area contributed by atoms with Crippen LogP contribution in [-0.2, 0) is 0 Å². The molecule has 0 radical (unpaired) electrons. The van der Waals surface area contributed by atoms with Crippen molar-refractivity contribution in [3.8, 4) is 0 Å². The lowest BCUT2D eigenvalue weighted by atomic mass is 10.1. The second-order valence-corrected chi connectivity index (χ2v) is 4.64. The fraction of sp³-hybridized carbons (Fsp3) is 0.133. The number of para-hydroxylation sites is 1. The number of rotatable bonds is 2. The molecule has 0 aromatic heterocycles. The summed E-state index contributed by atoms with van der Waals surface area (Å²) in [6.07, 6.45) is 0. The number of hydrogen-bond acceptors (Lipinski definition) is 1. The van der Waals surface area contributed by atoms with Crippen molar-refractivity contribution >= 4 is 23.2 Å². The van der Waals surface area contributed by atoms with Crippen molar-refractivity contribution in [2.24, 2.45) is 0 Å². The monoisotopic (exact) mass is 259 g/mol. The molecule has 0 saturated heterocycles. The van der Waals surface area contributed by atoms with Gasteiger partial charge in [-0.2, -0.15) is 0 Å². The lowest BCUT2D eigenvalue weighted by Gasteiger charge is -2.08. The van der Waals surface area contributed by atoms with Crippen molar-refractivity contribution in [1.82, 2.24) is 0 Å². The van der Waals surface area contributed by atoms with E-state index >= 15 is 0 Å². The average molecular weight is 260 g/mol. The lowest BCUT2D eigenvalue weighted by molar-refractivity contribution is 0.102. The Morgan fingerprint density at radius 3 is 2.44 bits per heavy atom. The molecule has 2 aromatic rings. The molecule has 0 aliphatic carbocycles. The van der Waals surface area contributed by atoms with Crippen molar-refractivity contribution in [3.05, 3.63) is 64.2 Å². The van der Waals surface area contributed by atoms with Crippen LogP contribution in [-0.4, -0.2) is 5.91 Å². The largest absolute Gasteiger partial charge is 0.321 e. The van der Waals surface area contributed by atoms with Crippen LogP contribution in [0.3, 0.4) is 0 Å². The van der Waals surface area contributed by atoms with Gasteiger partial charge in [0.05, 0.1) is 10.7 Å². The van der Waals surface area contributed by atoms with Crippen molar-refractivity contribution in [1.29, 1.82) is 0 Å². The van der Waals surface area contributed by atoms with Crippen LogP contribution >= 0.6 is 11.6 Å². The van der Waals surface area contributed by atoms with Gasteiger partial charge in [0.25, 0.3) is 5.91 Å². The van der Waals surface area contributed by atoms with E-state index < -0.39 is 0 Å². The minimum absolute atomic E-state index is 0.147. The minimum Gasteiger partial charge on any atom is -0.321 e. The number of benzene rings is 2. The maximum absolute atomic E-state index is 12.1. The lowest BCUT2D eigenvalue weighted by Crippen LogP contribution is -2.12. The first-order valence-corrected chi connectivity index (χ1v) is 6.09. The van der Waals surface area contributed by atoms with Crippen molar-refractivity contribution in [3.63, 3.8) is 0 Å². The zero-order valence-corrected chi connectivity index (χ0v) is 11.1. The zero-order valence-electron chi connectivity index (χ0n) is 10.3. The molecule has 0 heterocycles. The van der Waals surface area contributed by atoms with Crippen molar-refractivity contribution in [2.75, 3.05) is 5.32 Å². The van der Waals surface area contributed by atoms with E-state index in [1.807, 2.05) is 44.2 Å². The molecular formula is C15H14ClNO. The second kappa shape index (κ2) is 5.23. The highest BCUT2D eigenvalue weighted by Crippen LogP contribution is 2.21. The van der Waals surface area contributed by atoms with E-state index in [2.05, 4.69) is 5.32 Å². The number of amides is 1. The van der Waals surface area contributed by atoms with Gasteiger partial charge in [0.15, 0.2) is 0 Å². The van der Waals surface area contributed by atoms with Crippen LogP contribution < -0.4 is 5.32 Å². The molecule has 2 nitrogen and oxygen atoms in total. The summed E-state index contributed by atoms with van der Waals surface area (Å²) in [5.74, 6) is -0.147. The summed E-state index contributed by atoms with van der Waals surface area (Å²) in [7, 11) is 0. The number of anilines is 1. The van der Waals surface area contributed by atoms with Gasteiger partial charge in [-0.1, -0.05) is 29.8 Å². The molecule has 0 atom stereocenters. The van der Waals surface area contributed by atoms with Gasteiger partial charge in [-0.05, 0) is 49.2 Å². The molecule has 1 amide bonds. The van der Waals surface area contributed by atoms with E-state index in [4.69, 9.17) is 11.6 Å². The van der Waals surface area contributed by atoms with Crippen LogP contribution in [0.5, 0.6) is 0 Å². The molecule has 0 aliphatic heterocycles. The van der Waals surface area contributed by atoms with E-state index in [-0.39, 0.29) is 5.91 Å². The topological polar surface area (TPSA) is 29.1 Å². The Balaban J connectivity index is 2.22. The average Bonchev–Trinajstić information content (AvgIpc) is 2.35. The smallest absolute Gasteiger partial charge is 0.255 e. The maximum Gasteiger partial charge on any atom is 0.255 e. The molecule has 18 heavy (non-hydrogen) atoms. The predicted molar refractivity (Wildman–Crippen MR) is 75.3 cm³/mol. The third kappa shape index (κ3) is 2.71. The van der Waals surface area contributed by atoms with Gasteiger partial charge in [-0.3, -0.25) is 4.79 Å². The molecule has 0 unspecified atom stereocenters. The summed E-state index contributed by atoms with van der Waals surface area (Å²) in [4.78, 5) is 12.1. The molecule has 2 aromatic carbocycles. The van der Waals surface area contributed by atoms with E-state index in [1.165, 1.54) is 5.56 Å². The van der Waals surface area contributed by atoms with Crippen molar-refractivity contribution < 1.29 is 4.79 Å². The Kier molecular flexibility index (Phi) is 3.68. The van der Waals surface area contributed by atoms with Gasteiger partial charge < -0.3 is 5.32 Å². The second-order valence-electron chi connectivity index (χ2n) is 4.23. The van der Waals surface area contributed by atoms with Gasteiger partial charge in [0.1, 0.15) is 0 Å². The van der Waals surface area contributed by atoms with Crippen LogP contribution in [0.25, 0.3) is 0 Å². The number of carbonyl (C=O) groups excluding carboxylic acids is 1. The first-order chi connectivity index (χ1) is 8.58. The van der Waals surface area contributed by atoms with Gasteiger partial charge >= 0.3 is 0 Å². The molecule has 0 saturated carbocycles. The van der Waals surface area contributed by atoms with Crippen LogP contribution in [0.4, 0.5) is 5.69 Å². The maximum atomic E-state index is 12.1. The Labute approximate surface area is 112 Å². The highest BCUT2D eigenvalue weighted by atomic mass is 35.5. The Bertz CT molecular complexity index is 593. The van der Waals surface area contributed by atoms with Crippen LogP contribution in [0, 0.1) is 13.8 Å². The summed E-state index contributed by atoms with van der Waals surface area (Å²) < 4.78 is 0. The number of hydrogen-bond donors (Lipinski definition) is 1. The first kappa shape index (κ1) is 12.7.